The number of methoxy groups -OCH3 is 1. The maximum absolute atomic E-state index is 14.0. The van der Waals surface area contributed by atoms with Crippen LogP contribution in [0.4, 0.5) is 14.9 Å². The third kappa shape index (κ3) is 3.74. The predicted molar refractivity (Wildman–Crippen MR) is 87.9 cm³/mol. The summed E-state index contributed by atoms with van der Waals surface area (Å²) in [7, 11) is 1.60. The van der Waals surface area contributed by atoms with Crippen molar-refractivity contribution in [1.29, 1.82) is 0 Å². The number of amides is 2. The average Bonchev–Trinajstić information content (AvgIpc) is 3.11. The van der Waals surface area contributed by atoms with Gasteiger partial charge in [0, 0.05) is 31.7 Å². The van der Waals surface area contributed by atoms with E-state index in [1.54, 1.807) is 41.1 Å². The molecule has 1 atom stereocenters. The van der Waals surface area contributed by atoms with E-state index in [1.807, 2.05) is 12.1 Å². The van der Waals surface area contributed by atoms with Crippen LogP contribution in [0.5, 0.6) is 0 Å². The molecule has 0 unspecified atom stereocenters. The summed E-state index contributed by atoms with van der Waals surface area (Å²) in [4.78, 5) is 14.1. The topological polar surface area (TPSA) is 55.7 Å². The summed E-state index contributed by atoms with van der Waals surface area (Å²) in [6, 6.07) is 7.90. The van der Waals surface area contributed by atoms with Gasteiger partial charge in [-0.25, -0.2) is 9.18 Å². The Morgan fingerprint density at radius 2 is 2.21 bits per heavy atom. The zero-order chi connectivity index (χ0) is 16.9. The third-order valence-corrected chi connectivity index (χ3v) is 3.86. The molecule has 128 valence electrons. The molecule has 7 heteroatoms. The molecule has 2 amide bonds. The zero-order valence-corrected chi connectivity index (χ0v) is 13.4. The number of hydrogen-bond acceptors (Lipinski definition) is 3. The molecule has 3 rings (SSSR count). The Bertz CT molecular complexity index is 688. The quantitative estimate of drug-likeness (QED) is 0.935. The molecule has 2 heterocycles. The molecule has 1 aliphatic heterocycles. The van der Waals surface area contributed by atoms with Crippen molar-refractivity contribution >= 4 is 11.7 Å². The highest BCUT2D eigenvalue weighted by Gasteiger charge is 2.24. The number of nitrogens with zero attached hydrogens (tertiary/aromatic N) is 2. The molecule has 1 fully saturated rings. The normalized spacial score (nSPS) is 17.8. The second-order valence-electron chi connectivity index (χ2n) is 5.58. The Labute approximate surface area is 139 Å². The minimum atomic E-state index is -0.351. The Hall–Kier alpha value is -2.38. The van der Waals surface area contributed by atoms with E-state index in [9.17, 15) is 9.18 Å². The fourth-order valence-corrected chi connectivity index (χ4v) is 2.68. The number of halogens is 1. The van der Waals surface area contributed by atoms with Crippen LogP contribution in [-0.2, 0) is 9.47 Å². The van der Waals surface area contributed by atoms with E-state index in [4.69, 9.17) is 9.47 Å². The van der Waals surface area contributed by atoms with E-state index in [-0.39, 0.29) is 18.0 Å². The lowest BCUT2D eigenvalue weighted by molar-refractivity contribution is -0.0481. The van der Waals surface area contributed by atoms with E-state index in [1.165, 1.54) is 6.07 Å². The Morgan fingerprint density at radius 3 is 2.96 bits per heavy atom. The minimum Gasteiger partial charge on any atom is -0.382 e. The lowest BCUT2D eigenvalue weighted by Crippen LogP contribution is -2.48. The number of hydrogen-bond donors (Lipinski definition) is 1. The monoisotopic (exact) mass is 333 g/mol. The molecule has 1 saturated heterocycles. The number of urea groups is 1. The summed E-state index contributed by atoms with van der Waals surface area (Å²) in [5.74, 6) is -0.351. The van der Waals surface area contributed by atoms with Gasteiger partial charge >= 0.3 is 6.03 Å². The van der Waals surface area contributed by atoms with Gasteiger partial charge in [0.1, 0.15) is 5.82 Å². The highest BCUT2D eigenvalue weighted by Crippen LogP contribution is 2.19. The maximum Gasteiger partial charge on any atom is 0.322 e. The molecule has 0 spiro atoms. The van der Waals surface area contributed by atoms with Crippen LogP contribution in [0.15, 0.2) is 42.7 Å². The number of benzene rings is 1. The smallest absolute Gasteiger partial charge is 0.322 e. The van der Waals surface area contributed by atoms with Gasteiger partial charge in [0.05, 0.1) is 31.5 Å². The van der Waals surface area contributed by atoms with E-state index in [2.05, 4.69) is 5.32 Å². The average molecular weight is 333 g/mol. The standard InChI is InChI=1S/C17H20FN3O3/c1-23-12-14-11-21(8-9-24-14)17(22)19-13-4-5-15(18)16(10-13)20-6-2-3-7-20/h2-7,10,14H,8-9,11-12H2,1H3,(H,19,22)/t14-/m1/s1. The van der Waals surface area contributed by atoms with Crippen LogP contribution in [0.2, 0.25) is 0 Å². The first-order valence-corrected chi connectivity index (χ1v) is 7.77. The summed E-state index contributed by atoms with van der Waals surface area (Å²) in [5.41, 5.74) is 0.928. The van der Waals surface area contributed by atoms with Crippen LogP contribution >= 0.6 is 0 Å². The van der Waals surface area contributed by atoms with Gasteiger partial charge in [-0.05, 0) is 30.3 Å². The van der Waals surface area contributed by atoms with Crippen LogP contribution < -0.4 is 5.32 Å². The van der Waals surface area contributed by atoms with Crippen molar-refractivity contribution in [3.05, 3.63) is 48.5 Å². The summed E-state index contributed by atoms with van der Waals surface area (Å²) >= 11 is 0. The van der Waals surface area contributed by atoms with Gasteiger partial charge in [0.25, 0.3) is 0 Å². The van der Waals surface area contributed by atoms with Crippen molar-refractivity contribution in [3.8, 4) is 5.69 Å². The van der Waals surface area contributed by atoms with Crippen molar-refractivity contribution in [2.24, 2.45) is 0 Å². The maximum atomic E-state index is 14.0. The van der Waals surface area contributed by atoms with Crippen LogP contribution in [0, 0.1) is 5.82 Å². The number of carbonyl (C=O) groups is 1. The lowest BCUT2D eigenvalue weighted by atomic mass is 10.2. The van der Waals surface area contributed by atoms with Gasteiger partial charge in [-0.3, -0.25) is 0 Å². The number of ether oxygens (including phenoxy) is 2. The van der Waals surface area contributed by atoms with E-state index < -0.39 is 0 Å². The Balaban J connectivity index is 1.69. The van der Waals surface area contributed by atoms with Gasteiger partial charge < -0.3 is 24.3 Å². The van der Waals surface area contributed by atoms with Gasteiger partial charge in [0.15, 0.2) is 0 Å². The number of anilines is 1. The summed E-state index contributed by atoms with van der Waals surface area (Å²) in [6.45, 7) is 1.89. The second-order valence-corrected chi connectivity index (χ2v) is 5.58. The predicted octanol–water partition coefficient (Wildman–Crippen LogP) is 2.50. The van der Waals surface area contributed by atoms with Gasteiger partial charge in [-0.2, -0.15) is 0 Å². The third-order valence-electron chi connectivity index (χ3n) is 3.86. The molecule has 0 radical (unpaired) electrons. The SMILES string of the molecule is COC[C@H]1CN(C(=O)Nc2ccc(F)c(-n3cccc3)c2)CCO1. The molecular formula is C17H20FN3O3. The van der Waals surface area contributed by atoms with Crippen LogP contribution in [-0.4, -0.2) is 55.0 Å². The Morgan fingerprint density at radius 1 is 1.42 bits per heavy atom. The molecule has 0 saturated carbocycles. The molecule has 0 aliphatic carbocycles. The molecule has 24 heavy (non-hydrogen) atoms. The molecule has 0 bridgehead atoms. The van der Waals surface area contributed by atoms with Gasteiger partial charge in [-0.15, -0.1) is 0 Å². The molecular weight excluding hydrogens is 313 g/mol. The first-order valence-electron chi connectivity index (χ1n) is 7.77. The first-order chi connectivity index (χ1) is 11.7. The molecule has 1 aromatic carbocycles. The van der Waals surface area contributed by atoms with Crippen LogP contribution in [0.3, 0.4) is 0 Å². The number of nitrogens with one attached hydrogen (secondary N) is 1. The molecule has 1 aromatic heterocycles. The summed E-state index contributed by atoms with van der Waals surface area (Å²) in [6.07, 6.45) is 3.38. The molecule has 6 nitrogen and oxygen atoms in total. The van der Waals surface area contributed by atoms with Crippen molar-refractivity contribution in [1.82, 2.24) is 9.47 Å². The Kier molecular flexibility index (Phi) is 5.12. The number of morpholine rings is 1. The zero-order valence-electron chi connectivity index (χ0n) is 13.4. The summed E-state index contributed by atoms with van der Waals surface area (Å²) < 4.78 is 26.3. The highest BCUT2D eigenvalue weighted by atomic mass is 19.1. The van der Waals surface area contributed by atoms with E-state index >= 15 is 0 Å². The molecule has 2 aromatic rings. The van der Waals surface area contributed by atoms with Crippen molar-refractivity contribution in [2.45, 2.75) is 6.10 Å². The number of rotatable bonds is 4. The van der Waals surface area contributed by atoms with Crippen molar-refractivity contribution in [2.75, 3.05) is 38.7 Å². The number of aromatic nitrogens is 1. The second kappa shape index (κ2) is 7.46. The summed E-state index contributed by atoms with van der Waals surface area (Å²) in [5, 5.41) is 2.81. The lowest BCUT2D eigenvalue weighted by Gasteiger charge is -2.32. The van der Waals surface area contributed by atoms with Crippen molar-refractivity contribution in [3.63, 3.8) is 0 Å². The van der Waals surface area contributed by atoms with Gasteiger partial charge in [0.2, 0.25) is 0 Å². The van der Waals surface area contributed by atoms with E-state index in [0.717, 1.165) is 0 Å². The first kappa shape index (κ1) is 16.5. The largest absolute Gasteiger partial charge is 0.382 e. The fourth-order valence-electron chi connectivity index (χ4n) is 2.68. The van der Waals surface area contributed by atoms with Crippen LogP contribution in [0.25, 0.3) is 5.69 Å². The minimum absolute atomic E-state index is 0.127. The van der Waals surface area contributed by atoms with Crippen LogP contribution in [0.1, 0.15) is 0 Å². The van der Waals surface area contributed by atoms with Gasteiger partial charge in [-0.1, -0.05) is 0 Å². The van der Waals surface area contributed by atoms with Crippen molar-refractivity contribution < 1.29 is 18.7 Å². The highest BCUT2D eigenvalue weighted by molar-refractivity contribution is 5.89. The fraction of sp³-hybridized carbons (Fsp3) is 0.353. The molecule has 1 aliphatic rings. The molecule has 1 N–H and O–H groups in total. The number of carbonyl (C=O) groups excluding carboxylic acids is 1. The van der Waals surface area contributed by atoms with E-state index in [0.29, 0.717) is 37.7 Å².